The Hall–Kier alpha value is -1.26. The van der Waals surface area contributed by atoms with Gasteiger partial charge in [-0.2, -0.15) is 0 Å². The Morgan fingerprint density at radius 1 is 1.35 bits per heavy atom. The van der Waals surface area contributed by atoms with Crippen molar-refractivity contribution in [2.45, 2.75) is 25.2 Å². The van der Waals surface area contributed by atoms with Gasteiger partial charge in [-0.3, -0.25) is 4.98 Å². The van der Waals surface area contributed by atoms with Crippen molar-refractivity contribution < 1.29 is 5.11 Å². The van der Waals surface area contributed by atoms with Crippen molar-refractivity contribution >= 4 is 11.3 Å². The van der Waals surface area contributed by atoms with E-state index in [1.807, 2.05) is 19.1 Å². The SMILES string of the molecule is Cc1nc(-c2ccncc2)sc1C1(CO)CC1. The van der Waals surface area contributed by atoms with Crippen molar-refractivity contribution in [3.63, 3.8) is 0 Å². The number of hydrogen-bond donors (Lipinski definition) is 1. The third-order valence-electron chi connectivity index (χ3n) is 3.36. The summed E-state index contributed by atoms with van der Waals surface area (Å²) in [5.74, 6) is 0. The molecule has 1 aliphatic carbocycles. The van der Waals surface area contributed by atoms with Gasteiger partial charge in [0.25, 0.3) is 0 Å². The lowest BCUT2D eigenvalue weighted by Crippen LogP contribution is -2.11. The van der Waals surface area contributed by atoms with Crippen LogP contribution in [0.1, 0.15) is 23.4 Å². The molecule has 17 heavy (non-hydrogen) atoms. The van der Waals surface area contributed by atoms with Gasteiger partial charge in [0.15, 0.2) is 0 Å². The summed E-state index contributed by atoms with van der Waals surface area (Å²) in [4.78, 5) is 9.89. The number of pyridine rings is 1. The van der Waals surface area contributed by atoms with E-state index in [4.69, 9.17) is 0 Å². The zero-order chi connectivity index (χ0) is 11.9. The molecular formula is C13H14N2OS. The molecule has 0 radical (unpaired) electrons. The van der Waals surface area contributed by atoms with Crippen LogP contribution in [0.25, 0.3) is 10.6 Å². The average molecular weight is 246 g/mol. The maximum Gasteiger partial charge on any atom is 0.123 e. The first-order chi connectivity index (χ1) is 8.25. The summed E-state index contributed by atoms with van der Waals surface area (Å²) >= 11 is 1.71. The van der Waals surface area contributed by atoms with Crippen LogP contribution >= 0.6 is 11.3 Å². The normalized spacial score (nSPS) is 17.1. The lowest BCUT2D eigenvalue weighted by molar-refractivity contribution is 0.256. The highest BCUT2D eigenvalue weighted by Gasteiger charge is 2.46. The van der Waals surface area contributed by atoms with Crippen LogP contribution in [-0.2, 0) is 5.41 Å². The molecule has 2 aromatic heterocycles. The predicted octanol–water partition coefficient (Wildman–Crippen LogP) is 2.54. The monoisotopic (exact) mass is 246 g/mol. The number of thiazole rings is 1. The first kappa shape index (κ1) is 10.9. The molecule has 0 bridgehead atoms. The van der Waals surface area contributed by atoms with Gasteiger partial charge in [0.05, 0.1) is 12.3 Å². The van der Waals surface area contributed by atoms with Crippen LogP contribution in [-0.4, -0.2) is 21.7 Å². The second-order valence-electron chi connectivity index (χ2n) is 4.61. The summed E-state index contributed by atoms with van der Waals surface area (Å²) < 4.78 is 0. The molecule has 0 spiro atoms. The molecule has 0 unspecified atom stereocenters. The first-order valence-electron chi connectivity index (χ1n) is 5.74. The van der Waals surface area contributed by atoms with Crippen molar-refractivity contribution in [3.8, 4) is 10.6 Å². The highest BCUT2D eigenvalue weighted by Crippen LogP contribution is 2.51. The summed E-state index contributed by atoms with van der Waals surface area (Å²) in [5.41, 5.74) is 2.19. The summed E-state index contributed by atoms with van der Waals surface area (Å²) in [6.07, 6.45) is 5.74. The Balaban J connectivity index is 2.02. The number of aliphatic hydroxyl groups excluding tert-OH is 1. The number of aromatic nitrogens is 2. The van der Waals surface area contributed by atoms with Crippen LogP contribution in [0, 0.1) is 6.92 Å². The zero-order valence-corrected chi connectivity index (χ0v) is 10.5. The van der Waals surface area contributed by atoms with E-state index in [2.05, 4.69) is 9.97 Å². The summed E-state index contributed by atoms with van der Waals surface area (Å²) in [6.45, 7) is 2.28. The second-order valence-corrected chi connectivity index (χ2v) is 5.61. The van der Waals surface area contributed by atoms with Gasteiger partial charge in [0, 0.05) is 28.2 Å². The molecule has 1 saturated carbocycles. The van der Waals surface area contributed by atoms with Crippen molar-refractivity contribution in [1.29, 1.82) is 0 Å². The number of aryl methyl sites for hydroxylation is 1. The molecule has 2 heterocycles. The summed E-state index contributed by atoms with van der Waals surface area (Å²) in [6, 6.07) is 3.95. The standard InChI is InChI=1S/C13H14N2OS/c1-9-11(13(8-16)4-5-13)17-12(15-9)10-2-6-14-7-3-10/h2-3,6-7,16H,4-5,8H2,1H3. The molecule has 3 rings (SSSR count). The second kappa shape index (κ2) is 3.89. The third kappa shape index (κ3) is 1.77. The lowest BCUT2D eigenvalue weighted by atomic mass is 10.1. The lowest BCUT2D eigenvalue weighted by Gasteiger charge is -2.08. The van der Waals surface area contributed by atoms with Crippen molar-refractivity contribution in [2.24, 2.45) is 0 Å². The number of rotatable bonds is 3. The molecule has 4 heteroatoms. The zero-order valence-electron chi connectivity index (χ0n) is 9.68. The summed E-state index contributed by atoms with van der Waals surface area (Å²) in [7, 11) is 0. The third-order valence-corrected chi connectivity index (χ3v) is 4.81. The van der Waals surface area contributed by atoms with Gasteiger partial charge in [-0.25, -0.2) is 4.98 Å². The van der Waals surface area contributed by atoms with E-state index < -0.39 is 0 Å². The smallest absolute Gasteiger partial charge is 0.123 e. The van der Waals surface area contributed by atoms with Crippen molar-refractivity contribution in [3.05, 3.63) is 35.1 Å². The summed E-state index contributed by atoms with van der Waals surface area (Å²) in [5, 5.41) is 10.5. The van der Waals surface area contributed by atoms with E-state index in [0.29, 0.717) is 0 Å². The van der Waals surface area contributed by atoms with Crippen molar-refractivity contribution in [1.82, 2.24) is 9.97 Å². The van der Waals surface area contributed by atoms with E-state index in [0.717, 1.165) is 29.1 Å². The average Bonchev–Trinajstić information content (AvgIpc) is 3.07. The highest BCUT2D eigenvalue weighted by molar-refractivity contribution is 7.15. The van der Waals surface area contributed by atoms with Gasteiger partial charge in [-0.15, -0.1) is 11.3 Å². The fourth-order valence-corrected chi connectivity index (χ4v) is 3.42. The molecule has 0 amide bonds. The minimum absolute atomic E-state index is 0.0209. The number of aliphatic hydroxyl groups is 1. The van der Waals surface area contributed by atoms with E-state index >= 15 is 0 Å². The van der Waals surface area contributed by atoms with Crippen LogP contribution in [0.4, 0.5) is 0 Å². The topological polar surface area (TPSA) is 46.0 Å². The Bertz CT molecular complexity index is 532. The molecule has 1 fully saturated rings. The Kier molecular flexibility index (Phi) is 2.49. The highest BCUT2D eigenvalue weighted by atomic mass is 32.1. The minimum Gasteiger partial charge on any atom is -0.395 e. The van der Waals surface area contributed by atoms with Gasteiger partial charge < -0.3 is 5.11 Å². The molecule has 1 N–H and O–H groups in total. The van der Waals surface area contributed by atoms with E-state index in [1.54, 1.807) is 23.7 Å². The molecule has 3 nitrogen and oxygen atoms in total. The van der Waals surface area contributed by atoms with Crippen molar-refractivity contribution in [2.75, 3.05) is 6.61 Å². The minimum atomic E-state index is 0.0209. The van der Waals surface area contributed by atoms with Crippen LogP contribution in [0.2, 0.25) is 0 Å². The predicted molar refractivity (Wildman–Crippen MR) is 68.1 cm³/mol. The van der Waals surface area contributed by atoms with Gasteiger partial charge in [0.1, 0.15) is 5.01 Å². The fourth-order valence-electron chi connectivity index (χ4n) is 2.11. The van der Waals surface area contributed by atoms with E-state index in [-0.39, 0.29) is 12.0 Å². The van der Waals surface area contributed by atoms with Crippen LogP contribution < -0.4 is 0 Å². The maximum atomic E-state index is 9.48. The Labute approximate surface area is 104 Å². The number of nitrogens with zero attached hydrogens (tertiary/aromatic N) is 2. The van der Waals surface area contributed by atoms with Crippen LogP contribution in [0.3, 0.4) is 0 Å². The molecule has 2 aromatic rings. The number of hydrogen-bond acceptors (Lipinski definition) is 4. The maximum absolute atomic E-state index is 9.48. The van der Waals surface area contributed by atoms with Gasteiger partial charge in [0.2, 0.25) is 0 Å². The molecule has 88 valence electrons. The molecule has 0 atom stereocenters. The molecule has 0 saturated heterocycles. The molecule has 0 aromatic carbocycles. The Morgan fingerprint density at radius 2 is 2.06 bits per heavy atom. The molecule has 1 aliphatic rings. The fraction of sp³-hybridized carbons (Fsp3) is 0.385. The largest absolute Gasteiger partial charge is 0.395 e. The van der Waals surface area contributed by atoms with Gasteiger partial charge in [-0.1, -0.05) is 0 Å². The van der Waals surface area contributed by atoms with Crippen LogP contribution in [0.15, 0.2) is 24.5 Å². The first-order valence-corrected chi connectivity index (χ1v) is 6.56. The van der Waals surface area contributed by atoms with Gasteiger partial charge >= 0.3 is 0 Å². The van der Waals surface area contributed by atoms with Crippen LogP contribution in [0.5, 0.6) is 0 Å². The molecule has 0 aliphatic heterocycles. The van der Waals surface area contributed by atoms with E-state index in [9.17, 15) is 5.11 Å². The Morgan fingerprint density at radius 3 is 2.65 bits per heavy atom. The quantitative estimate of drug-likeness (QED) is 0.905. The molecular weight excluding hydrogens is 232 g/mol. The van der Waals surface area contributed by atoms with Gasteiger partial charge in [-0.05, 0) is 31.9 Å². The van der Waals surface area contributed by atoms with E-state index in [1.165, 1.54) is 4.88 Å².